The van der Waals surface area contributed by atoms with Crippen LogP contribution in [-0.4, -0.2) is 6.54 Å². The lowest BCUT2D eigenvalue weighted by Gasteiger charge is -2.37. The number of hydrogen-bond acceptors (Lipinski definition) is 2. The first-order valence-corrected chi connectivity index (χ1v) is 10.3. The van der Waals surface area contributed by atoms with Crippen LogP contribution in [0.5, 0.6) is 11.5 Å². The second-order valence-electron chi connectivity index (χ2n) is 8.03. The molecule has 2 aromatic rings. The summed E-state index contributed by atoms with van der Waals surface area (Å²) in [5.74, 6) is 2.25. The van der Waals surface area contributed by atoms with Crippen LogP contribution >= 0.6 is 0 Å². The van der Waals surface area contributed by atoms with Crippen molar-refractivity contribution in [2.24, 2.45) is 0 Å². The smallest absolute Gasteiger partial charge is 0.134 e. The van der Waals surface area contributed by atoms with Gasteiger partial charge in [0.15, 0.2) is 0 Å². The van der Waals surface area contributed by atoms with Crippen molar-refractivity contribution < 1.29 is 4.74 Å². The molecule has 0 aromatic heterocycles. The van der Waals surface area contributed by atoms with Crippen molar-refractivity contribution in [3.63, 3.8) is 0 Å². The van der Waals surface area contributed by atoms with E-state index in [1.807, 2.05) is 0 Å². The van der Waals surface area contributed by atoms with E-state index in [-0.39, 0.29) is 0 Å². The van der Waals surface area contributed by atoms with Gasteiger partial charge in [0.2, 0.25) is 0 Å². The van der Waals surface area contributed by atoms with Crippen LogP contribution in [0.25, 0.3) is 0 Å². The zero-order valence-electron chi connectivity index (χ0n) is 16.7. The third-order valence-corrected chi connectivity index (χ3v) is 6.07. The number of aryl methyl sites for hydroxylation is 1. The largest absolute Gasteiger partial charge is 0.456 e. The highest BCUT2D eigenvalue weighted by Crippen LogP contribution is 2.47. The highest BCUT2D eigenvalue weighted by atomic mass is 16.5. The molecular weight excluding hydrogens is 318 g/mol. The molecule has 2 aliphatic rings. The molecule has 0 amide bonds. The first-order chi connectivity index (χ1) is 12.6. The summed E-state index contributed by atoms with van der Waals surface area (Å²) in [6.45, 7) is 11.2. The van der Waals surface area contributed by atoms with Crippen LogP contribution in [0, 0.1) is 13.8 Å². The molecule has 0 radical (unpaired) electrons. The highest BCUT2D eigenvalue weighted by Gasteiger charge is 2.30. The van der Waals surface area contributed by atoms with Gasteiger partial charge in [-0.1, -0.05) is 32.8 Å². The zero-order valence-corrected chi connectivity index (χ0v) is 16.7. The van der Waals surface area contributed by atoms with Gasteiger partial charge in [0, 0.05) is 30.8 Å². The summed E-state index contributed by atoms with van der Waals surface area (Å²) in [6.07, 6.45) is 7.10. The standard InChI is InChI=1S/C24H31NO/c1-5-7-8-9-20-17(4)16(3)11-19-12-18-13-22-21(15-25(22)10-6-2)23(14-18)26-24(19)20/h11,13-14H,5-10,12,15H2,1-4H3. The van der Waals surface area contributed by atoms with E-state index < -0.39 is 0 Å². The van der Waals surface area contributed by atoms with Crippen molar-refractivity contribution in [1.29, 1.82) is 0 Å². The average Bonchev–Trinajstić information content (AvgIpc) is 2.76. The Kier molecular flexibility index (Phi) is 4.69. The van der Waals surface area contributed by atoms with Crippen LogP contribution in [0.3, 0.4) is 0 Å². The van der Waals surface area contributed by atoms with E-state index in [1.165, 1.54) is 64.8 Å². The lowest BCUT2D eigenvalue weighted by molar-refractivity contribution is 0.461. The van der Waals surface area contributed by atoms with E-state index in [4.69, 9.17) is 4.74 Å². The van der Waals surface area contributed by atoms with Gasteiger partial charge in [-0.25, -0.2) is 0 Å². The Labute approximate surface area is 158 Å². The van der Waals surface area contributed by atoms with Gasteiger partial charge >= 0.3 is 0 Å². The van der Waals surface area contributed by atoms with Gasteiger partial charge in [-0.2, -0.15) is 0 Å². The van der Waals surface area contributed by atoms with Gasteiger partial charge in [-0.05, 0) is 73.1 Å². The Balaban J connectivity index is 1.74. The zero-order chi connectivity index (χ0) is 18.3. The predicted molar refractivity (Wildman–Crippen MR) is 110 cm³/mol. The van der Waals surface area contributed by atoms with E-state index in [2.05, 4.69) is 50.8 Å². The maximum absolute atomic E-state index is 6.62. The summed E-state index contributed by atoms with van der Waals surface area (Å²) in [6, 6.07) is 7.02. The fourth-order valence-corrected chi connectivity index (χ4v) is 4.45. The summed E-state index contributed by atoms with van der Waals surface area (Å²) >= 11 is 0. The molecule has 0 saturated heterocycles. The van der Waals surface area contributed by atoms with E-state index in [1.54, 1.807) is 0 Å². The Morgan fingerprint density at radius 1 is 1.04 bits per heavy atom. The minimum Gasteiger partial charge on any atom is -0.456 e. The number of unbranched alkanes of at least 4 members (excludes halogenated alkanes) is 2. The Morgan fingerprint density at radius 2 is 1.88 bits per heavy atom. The van der Waals surface area contributed by atoms with Crippen LogP contribution in [0.2, 0.25) is 0 Å². The van der Waals surface area contributed by atoms with Gasteiger partial charge in [-0.3, -0.25) is 0 Å². The fraction of sp³-hybridized carbons (Fsp3) is 0.500. The number of hydrogen-bond donors (Lipinski definition) is 0. The fourth-order valence-electron chi connectivity index (χ4n) is 4.45. The predicted octanol–water partition coefficient (Wildman–Crippen LogP) is 6.46. The lowest BCUT2D eigenvalue weighted by atomic mass is 9.91. The first-order valence-electron chi connectivity index (χ1n) is 10.3. The molecule has 0 N–H and O–H groups in total. The monoisotopic (exact) mass is 349 g/mol. The van der Waals surface area contributed by atoms with Crippen LogP contribution in [0.4, 0.5) is 5.69 Å². The molecule has 0 fully saturated rings. The molecule has 2 heterocycles. The van der Waals surface area contributed by atoms with Crippen molar-refractivity contribution in [2.75, 3.05) is 11.4 Å². The van der Waals surface area contributed by atoms with Gasteiger partial charge in [0.1, 0.15) is 11.5 Å². The summed E-state index contributed by atoms with van der Waals surface area (Å²) in [7, 11) is 0. The van der Waals surface area contributed by atoms with Gasteiger partial charge < -0.3 is 9.64 Å². The maximum atomic E-state index is 6.62. The quantitative estimate of drug-likeness (QED) is 0.473. The minimum atomic E-state index is 0.984. The summed E-state index contributed by atoms with van der Waals surface area (Å²) in [5.41, 5.74) is 9.80. The number of fused-ring (bicyclic) bond motifs is 5. The van der Waals surface area contributed by atoms with Crippen LogP contribution in [0.1, 0.15) is 72.9 Å². The molecule has 0 atom stereocenters. The molecule has 2 bridgehead atoms. The van der Waals surface area contributed by atoms with Crippen molar-refractivity contribution in [1.82, 2.24) is 0 Å². The Morgan fingerprint density at radius 3 is 2.65 bits per heavy atom. The van der Waals surface area contributed by atoms with Crippen LogP contribution in [0.15, 0.2) is 18.2 Å². The molecule has 0 aliphatic carbocycles. The van der Waals surface area contributed by atoms with Crippen LogP contribution < -0.4 is 9.64 Å². The average molecular weight is 350 g/mol. The SMILES string of the molecule is CCCCCc1c(C)c(C)cc2c1Oc1cc(cc3c1CN3CCC)C2. The summed E-state index contributed by atoms with van der Waals surface area (Å²) in [4.78, 5) is 2.49. The molecular formula is C24H31NO. The maximum Gasteiger partial charge on any atom is 0.134 e. The van der Waals surface area contributed by atoms with Crippen molar-refractivity contribution >= 4 is 5.69 Å². The van der Waals surface area contributed by atoms with Crippen LogP contribution in [-0.2, 0) is 19.4 Å². The van der Waals surface area contributed by atoms with E-state index in [9.17, 15) is 0 Å². The highest BCUT2D eigenvalue weighted by molar-refractivity contribution is 5.71. The molecule has 2 nitrogen and oxygen atoms in total. The third-order valence-electron chi connectivity index (χ3n) is 6.07. The van der Waals surface area contributed by atoms with Gasteiger partial charge in [-0.15, -0.1) is 0 Å². The minimum absolute atomic E-state index is 0.984. The van der Waals surface area contributed by atoms with Crippen molar-refractivity contribution in [2.45, 2.75) is 72.8 Å². The third kappa shape index (κ3) is 2.90. The number of rotatable bonds is 6. The molecule has 26 heavy (non-hydrogen) atoms. The molecule has 0 unspecified atom stereocenters. The lowest BCUT2D eigenvalue weighted by Crippen LogP contribution is -2.33. The Hall–Kier alpha value is -1.96. The number of anilines is 1. The second kappa shape index (κ2) is 6.98. The first kappa shape index (κ1) is 17.5. The van der Waals surface area contributed by atoms with Gasteiger partial charge in [0.05, 0.1) is 0 Å². The molecule has 4 rings (SSSR count). The summed E-state index contributed by atoms with van der Waals surface area (Å²) < 4.78 is 6.62. The normalized spacial score (nSPS) is 14.2. The number of benzene rings is 2. The van der Waals surface area contributed by atoms with Crippen molar-refractivity contribution in [3.05, 3.63) is 51.6 Å². The molecule has 2 aromatic carbocycles. The topological polar surface area (TPSA) is 12.5 Å². The molecule has 138 valence electrons. The molecule has 2 heteroatoms. The second-order valence-corrected chi connectivity index (χ2v) is 8.03. The van der Waals surface area contributed by atoms with E-state index in [0.29, 0.717) is 0 Å². The van der Waals surface area contributed by atoms with E-state index in [0.717, 1.165) is 37.4 Å². The Bertz CT molecular complexity index is 837. The molecule has 0 spiro atoms. The molecule has 0 saturated carbocycles. The molecule has 2 aliphatic heterocycles. The number of ether oxygens (including phenoxy) is 1. The summed E-state index contributed by atoms with van der Waals surface area (Å²) in [5, 5.41) is 0. The van der Waals surface area contributed by atoms with Crippen molar-refractivity contribution in [3.8, 4) is 11.5 Å². The van der Waals surface area contributed by atoms with E-state index >= 15 is 0 Å². The van der Waals surface area contributed by atoms with Gasteiger partial charge in [0.25, 0.3) is 0 Å². The number of nitrogens with zero attached hydrogens (tertiary/aromatic N) is 1.